The van der Waals surface area contributed by atoms with Crippen LogP contribution in [0.25, 0.3) is 10.8 Å². The van der Waals surface area contributed by atoms with E-state index in [2.05, 4.69) is 62.1 Å². The van der Waals surface area contributed by atoms with Crippen molar-refractivity contribution in [2.45, 2.75) is 59.3 Å². The van der Waals surface area contributed by atoms with Crippen LogP contribution in [-0.4, -0.2) is 19.7 Å². The van der Waals surface area contributed by atoms with Crippen LogP contribution in [0.3, 0.4) is 0 Å². The molecule has 0 saturated heterocycles. The van der Waals surface area contributed by atoms with Crippen molar-refractivity contribution in [1.82, 2.24) is 0 Å². The molecule has 0 saturated carbocycles. The molecule has 0 radical (unpaired) electrons. The molecule has 0 aliphatic rings. The first-order valence-electron chi connectivity index (χ1n) is 9.71. The Morgan fingerprint density at radius 2 is 1.42 bits per heavy atom. The van der Waals surface area contributed by atoms with E-state index in [1.807, 2.05) is 0 Å². The maximum atomic E-state index is 6.11. The van der Waals surface area contributed by atoms with Gasteiger partial charge < -0.3 is 9.64 Å². The molecule has 24 heavy (non-hydrogen) atoms. The Hall–Kier alpha value is -1.70. The highest BCUT2D eigenvalue weighted by Gasteiger charge is 2.09. The second kappa shape index (κ2) is 10.2. The molecule has 0 bridgehead atoms. The highest BCUT2D eigenvalue weighted by Crippen LogP contribution is 2.32. The van der Waals surface area contributed by atoms with Gasteiger partial charge in [-0.25, -0.2) is 0 Å². The molecule has 0 aliphatic carbocycles. The third-order valence-electron chi connectivity index (χ3n) is 4.72. The molecule has 0 atom stereocenters. The highest BCUT2D eigenvalue weighted by molar-refractivity contribution is 5.98. The minimum absolute atomic E-state index is 0.820. The average Bonchev–Trinajstić information content (AvgIpc) is 2.62. The lowest BCUT2D eigenvalue weighted by Gasteiger charge is -2.23. The largest absolute Gasteiger partial charge is 0.493 e. The van der Waals surface area contributed by atoms with Crippen LogP contribution < -0.4 is 9.64 Å². The van der Waals surface area contributed by atoms with Gasteiger partial charge in [0.15, 0.2) is 0 Å². The van der Waals surface area contributed by atoms with Gasteiger partial charge in [0.25, 0.3) is 0 Å². The van der Waals surface area contributed by atoms with Gasteiger partial charge in [-0.15, -0.1) is 0 Å². The van der Waals surface area contributed by atoms with E-state index in [0.29, 0.717) is 0 Å². The zero-order valence-electron chi connectivity index (χ0n) is 15.7. The number of nitrogens with zero attached hydrogens (tertiary/aromatic N) is 1. The number of hydrogen-bond acceptors (Lipinski definition) is 2. The van der Waals surface area contributed by atoms with E-state index < -0.39 is 0 Å². The van der Waals surface area contributed by atoms with Crippen LogP contribution in [0.2, 0.25) is 0 Å². The molecule has 0 aromatic heterocycles. The molecule has 0 heterocycles. The van der Waals surface area contributed by atoms with Crippen molar-refractivity contribution in [3.63, 3.8) is 0 Å². The molecule has 2 nitrogen and oxygen atoms in total. The van der Waals surface area contributed by atoms with E-state index in [9.17, 15) is 0 Å². The lowest BCUT2D eigenvalue weighted by Crippen LogP contribution is -2.21. The summed E-state index contributed by atoms with van der Waals surface area (Å²) < 4.78 is 6.11. The van der Waals surface area contributed by atoms with Crippen molar-refractivity contribution in [2.75, 3.05) is 24.6 Å². The molecule has 2 aromatic carbocycles. The lowest BCUT2D eigenvalue weighted by molar-refractivity contribution is 0.308. The smallest absolute Gasteiger partial charge is 0.127 e. The van der Waals surface area contributed by atoms with Gasteiger partial charge in [-0.3, -0.25) is 0 Å². The van der Waals surface area contributed by atoms with Crippen molar-refractivity contribution < 1.29 is 4.74 Å². The summed E-state index contributed by atoms with van der Waals surface area (Å²) in [6.45, 7) is 9.55. The molecular weight excluding hydrogens is 294 g/mol. The van der Waals surface area contributed by atoms with Crippen molar-refractivity contribution in [1.29, 1.82) is 0 Å². The fourth-order valence-corrected chi connectivity index (χ4v) is 3.29. The van der Waals surface area contributed by atoms with Gasteiger partial charge in [0.1, 0.15) is 5.75 Å². The Bertz CT molecular complexity index is 604. The molecule has 0 amide bonds. The number of ether oxygens (including phenoxy) is 1. The molecule has 2 rings (SSSR count). The molecule has 0 aliphatic heterocycles. The van der Waals surface area contributed by atoms with Gasteiger partial charge in [-0.1, -0.05) is 63.3 Å². The predicted octanol–water partition coefficient (Wildman–Crippen LogP) is 6.43. The van der Waals surface area contributed by atoms with Gasteiger partial charge in [-0.05, 0) is 32.4 Å². The maximum absolute atomic E-state index is 6.11. The summed E-state index contributed by atoms with van der Waals surface area (Å²) in [4.78, 5) is 2.40. The molecule has 0 N–H and O–H groups in total. The normalized spacial score (nSPS) is 11.0. The number of anilines is 1. The van der Waals surface area contributed by atoms with Crippen LogP contribution in [0.1, 0.15) is 59.3 Å². The minimum Gasteiger partial charge on any atom is -0.493 e. The summed E-state index contributed by atoms with van der Waals surface area (Å²) >= 11 is 0. The Kier molecular flexibility index (Phi) is 7.94. The first kappa shape index (κ1) is 18.6. The van der Waals surface area contributed by atoms with Crippen molar-refractivity contribution in [2.24, 2.45) is 0 Å². The van der Waals surface area contributed by atoms with E-state index >= 15 is 0 Å². The SMILES string of the molecule is CCCCCCCCOc1cccc2c(N(CC)CC)cccc12. The summed E-state index contributed by atoms with van der Waals surface area (Å²) in [5.41, 5.74) is 1.31. The maximum Gasteiger partial charge on any atom is 0.127 e. The van der Waals surface area contributed by atoms with Crippen LogP contribution in [-0.2, 0) is 0 Å². The third kappa shape index (κ3) is 4.90. The summed E-state index contributed by atoms with van der Waals surface area (Å²) in [6.07, 6.45) is 7.78. The Morgan fingerprint density at radius 1 is 0.750 bits per heavy atom. The predicted molar refractivity (Wildman–Crippen MR) is 106 cm³/mol. The van der Waals surface area contributed by atoms with E-state index in [1.54, 1.807) is 0 Å². The van der Waals surface area contributed by atoms with Crippen LogP contribution >= 0.6 is 0 Å². The Morgan fingerprint density at radius 3 is 2.17 bits per heavy atom. The summed E-state index contributed by atoms with van der Waals surface area (Å²) in [5.74, 6) is 1.02. The first-order valence-corrected chi connectivity index (χ1v) is 9.71. The average molecular weight is 328 g/mol. The van der Waals surface area contributed by atoms with Crippen LogP contribution in [0, 0.1) is 0 Å². The summed E-state index contributed by atoms with van der Waals surface area (Å²) in [6, 6.07) is 13.0. The quantitative estimate of drug-likeness (QED) is 0.441. The van der Waals surface area contributed by atoms with Gasteiger partial charge in [0.05, 0.1) is 6.61 Å². The van der Waals surface area contributed by atoms with Crippen molar-refractivity contribution in [3.05, 3.63) is 36.4 Å². The van der Waals surface area contributed by atoms with E-state index in [-0.39, 0.29) is 0 Å². The molecule has 132 valence electrons. The fourth-order valence-electron chi connectivity index (χ4n) is 3.29. The van der Waals surface area contributed by atoms with Crippen LogP contribution in [0.15, 0.2) is 36.4 Å². The summed E-state index contributed by atoms with van der Waals surface area (Å²) in [5, 5.41) is 2.52. The number of unbranched alkanes of at least 4 members (excludes halogenated alkanes) is 5. The van der Waals surface area contributed by atoms with Crippen LogP contribution in [0.4, 0.5) is 5.69 Å². The van der Waals surface area contributed by atoms with E-state index in [4.69, 9.17) is 4.74 Å². The number of rotatable bonds is 11. The molecular formula is C22H33NO. The third-order valence-corrected chi connectivity index (χ3v) is 4.72. The topological polar surface area (TPSA) is 12.5 Å². The van der Waals surface area contributed by atoms with Gasteiger partial charge in [0, 0.05) is 29.5 Å². The Labute approximate surface area is 147 Å². The standard InChI is InChI=1S/C22H33NO/c1-4-7-8-9-10-11-18-24-22-17-13-14-19-20(22)15-12-16-21(19)23(5-2)6-3/h12-17H,4-11,18H2,1-3H3. The van der Waals surface area contributed by atoms with Gasteiger partial charge in [0.2, 0.25) is 0 Å². The van der Waals surface area contributed by atoms with Crippen molar-refractivity contribution >= 4 is 16.5 Å². The lowest BCUT2D eigenvalue weighted by atomic mass is 10.1. The number of fused-ring (bicyclic) bond motifs is 1. The molecule has 0 fully saturated rings. The zero-order valence-corrected chi connectivity index (χ0v) is 15.7. The molecule has 2 aromatic rings. The van der Waals surface area contributed by atoms with E-state index in [1.165, 1.54) is 48.6 Å². The molecule has 0 unspecified atom stereocenters. The molecule has 2 heteroatoms. The van der Waals surface area contributed by atoms with Gasteiger partial charge in [-0.2, -0.15) is 0 Å². The highest BCUT2D eigenvalue weighted by atomic mass is 16.5. The minimum atomic E-state index is 0.820. The number of benzene rings is 2. The second-order valence-corrected chi connectivity index (χ2v) is 6.42. The number of hydrogen-bond donors (Lipinski definition) is 0. The first-order chi connectivity index (χ1) is 11.8. The second-order valence-electron chi connectivity index (χ2n) is 6.42. The summed E-state index contributed by atoms with van der Waals surface area (Å²) in [7, 11) is 0. The monoisotopic (exact) mass is 327 g/mol. The van der Waals surface area contributed by atoms with Gasteiger partial charge >= 0.3 is 0 Å². The Balaban J connectivity index is 2.02. The fraction of sp³-hybridized carbons (Fsp3) is 0.545. The van der Waals surface area contributed by atoms with E-state index in [0.717, 1.165) is 31.9 Å². The molecule has 0 spiro atoms. The zero-order chi connectivity index (χ0) is 17.2. The van der Waals surface area contributed by atoms with Crippen LogP contribution in [0.5, 0.6) is 5.75 Å². The van der Waals surface area contributed by atoms with Crippen molar-refractivity contribution in [3.8, 4) is 5.75 Å².